The number of aryl methyl sites for hydroxylation is 1. The first kappa shape index (κ1) is 11.4. The van der Waals surface area contributed by atoms with E-state index >= 15 is 0 Å². The zero-order valence-corrected chi connectivity index (χ0v) is 9.77. The van der Waals surface area contributed by atoms with Gasteiger partial charge < -0.3 is 5.73 Å². The van der Waals surface area contributed by atoms with Crippen LogP contribution in [-0.4, -0.2) is 20.7 Å². The quantitative estimate of drug-likeness (QED) is 0.788. The second kappa shape index (κ2) is 4.42. The van der Waals surface area contributed by atoms with Gasteiger partial charge in [-0.3, -0.25) is 10.1 Å². The molecule has 3 N–H and O–H groups in total. The number of nitrogen functional groups attached to an aromatic ring is 1. The highest BCUT2D eigenvalue weighted by molar-refractivity contribution is 6.31. The standard InChI is InChI=1S/C10H10ClN5O/c1-16-10(13-5-14-16)15-9(17)7-3-2-6(11)4-8(7)12/h2-5H,12H2,1H3,(H,13,14,15,17). The number of hydrogen-bond acceptors (Lipinski definition) is 4. The highest BCUT2D eigenvalue weighted by Gasteiger charge is 2.12. The lowest BCUT2D eigenvalue weighted by Gasteiger charge is -2.06. The highest BCUT2D eigenvalue weighted by atomic mass is 35.5. The maximum atomic E-state index is 11.9. The summed E-state index contributed by atoms with van der Waals surface area (Å²) >= 11 is 5.75. The van der Waals surface area contributed by atoms with E-state index in [2.05, 4.69) is 15.4 Å². The molecule has 2 rings (SSSR count). The summed E-state index contributed by atoms with van der Waals surface area (Å²) in [7, 11) is 1.67. The average molecular weight is 252 g/mol. The Morgan fingerprint density at radius 2 is 2.29 bits per heavy atom. The number of benzene rings is 1. The molecule has 7 heteroatoms. The van der Waals surface area contributed by atoms with Crippen LogP contribution in [0.1, 0.15) is 10.4 Å². The van der Waals surface area contributed by atoms with E-state index in [1.54, 1.807) is 19.2 Å². The number of nitrogens with one attached hydrogen (secondary N) is 1. The van der Waals surface area contributed by atoms with Crippen LogP contribution in [0.4, 0.5) is 11.6 Å². The third-order valence-electron chi connectivity index (χ3n) is 2.19. The molecule has 0 fully saturated rings. The lowest BCUT2D eigenvalue weighted by molar-refractivity contribution is 0.102. The minimum absolute atomic E-state index is 0.317. The van der Waals surface area contributed by atoms with Crippen molar-refractivity contribution < 1.29 is 4.79 Å². The second-order valence-corrected chi connectivity index (χ2v) is 3.83. The molecule has 0 saturated carbocycles. The number of rotatable bonds is 2. The van der Waals surface area contributed by atoms with Gasteiger partial charge in [0, 0.05) is 17.8 Å². The van der Waals surface area contributed by atoms with Crippen molar-refractivity contribution >= 4 is 29.1 Å². The largest absolute Gasteiger partial charge is 0.398 e. The molecule has 1 aromatic heterocycles. The summed E-state index contributed by atoms with van der Waals surface area (Å²) in [4.78, 5) is 15.8. The molecule has 0 atom stereocenters. The van der Waals surface area contributed by atoms with Gasteiger partial charge in [-0.2, -0.15) is 10.1 Å². The van der Waals surface area contributed by atoms with E-state index in [9.17, 15) is 4.79 Å². The molecule has 88 valence electrons. The van der Waals surface area contributed by atoms with Crippen LogP contribution in [-0.2, 0) is 7.05 Å². The molecule has 1 heterocycles. The summed E-state index contributed by atoms with van der Waals surface area (Å²) in [5, 5.41) is 6.92. The molecular weight excluding hydrogens is 242 g/mol. The van der Waals surface area contributed by atoms with Crippen LogP contribution in [0.25, 0.3) is 0 Å². The number of nitrogens with zero attached hydrogens (tertiary/aromatic N) is 3. The van der Waals surface area contributed by atoms with Crippen molar-refractivity contribution in [2.45, 2.75) is 0 Å². The van der Waals surface area contributed by atoms with Crippen molar-refractivity contribution in [3.8, 4) is 0 Å². The Kier molecular flexibility index (Phi) is 2.97. The fraction of sp³-hybridized carbons (Fsp3) is 0.100. The Labute approximate surface area is 102 Å². The van der Waals surface area contributed by atoms with Gasteiger partial charge in [-0.15, -0.1) is 0 Å². The van der Waals surface area contributed by atoms with Gasteiger partial charge in [0.25, 0.3) is 5.91 Å². The summed E-state index contributed by atoms with van der Waals surface area (Å²) in [6.45, 7) is 0. The molecule has 0 bridgehead atoms. The number of halogens is 1. The van der Waals surface area contributed by atoms with Crippen molar-refractivity contribution in [3.05, 3.63) is 35.1 Å². The second-order valence-electron chi connectivity index (χ2n) is 3.39. The zero-order chi connectivity index (χ0) is 12.4. The molecule has 0 aliphatic carbocycles. The first-order chi connectivity index (χ1) is 8.08. The Morgan fingerprint density at radius 1 is 1.53 bits per heavy atom. The molecule has 0 radical (unpaired) electrons. The predicted molar refractivity (Wildman–Crippen MR) is 64.8 cm³/mol. The van der Waals surface area contributed by atoms with Gasteiger partial charge in [0.15, 0.2) is 0 Å². The van der Waals surface area contributed by atoms with Gasteiger partial charge in [0.05, 0.1) is 5.56 Å². The SMILES string of the molecule is Cn1ncnc1NC(=O)c1ccc(Cl)cc1N. The van der Waals surface area contributed by atoms with E-state index in [-0.39, 0.29) is 5.91 Å². The average Bonchev–Trinajstić information content (AvgIpc) is 2.64. The molecule has 1 aromatic carbocycles. The predicted octanol–water partition coefficient (Wildman–Crippen LogP) is 1.30. The molecule has 0 aliphatic heterocycles. The summed E-state index contributed by atoms with van der Waals surface area (Å²) in [6, 6.07) is 4.68. The fourth-order valence-corrected chi connectivity index (χ4v) is 1.50. The molecule has 0 unspecified atom stereocenters. The van der Waals surface area contributed by atoms with Crippen LogP contribution >= 0.6 is 11.6 Å². The van der Waals surface area contributed by atoms with Crippen molar-refractivity contribution in [1.29, 1.82) is 0 Å². The zero-order valence-electron chi connectivity index (χ0n) is 9.01. The van der Waals surface area contributed by atoms with Crippen molar-refractivity contribution in [1.82, 2.24) is 14.8 Å². The minimum atomic E-state index is -0.352. The Balaban J connectivity index is 2.23. The number of carbonyl (C=O) groups is 1. The minimum Gasteiger partial charge on any atom is -0.398 e. The molecule has 1 amide bonds. The highest BCUT2D eigenvalue weighted by Crippen LogP contribution is 2.18. The third-order valence-corrected chi connectivity index (χ3v) is 2.43. The molecular formula is C10H10ClN5O. The van der Waals surface area contributed by atoms with E-state index < -0.39 is 0 Å². The number of carbonyl (C=O) groups excluding carboxylic acids is 1. The van der Waals surface area contributed by atoms with E-state index in [4.69, 9.17) is 17.3 Å². The van der Waals surface area contributed by atoms with Crippen molar-refractivity contribution in [2.75, 3.05) is 11.1 Å². The van der Waals surface area contributed by atoms with Gasteiger partial charge in [-0.25, -0.2) is 4.68 Å². The van der Waals surface area contributed by atoms with Crippen LogP contribution in [0.5, 0.6) is 0 Å². The Bertz CT molecular complexity index is 566. The smallest absolute Gasteiger partial charge is 0.260 e. The van der Waals surface area contributed by atoms with Crippen LogP contribution < -0.4 is 11.1 Å². The van der Waals surface area contributed by atoms with Gasteiger partial charge in [0.2, 0.25) is 5.95 Å². The molecule has 2 aromatic rings. The Hall–Kier alpha value is -2.08. The number of amides is 1. The van der Waals surface area contributed by atoms with E-state index in [1.807, 2.05) is 0 Å². The maximum absolute atomic E-state index is 11.9. The molecule has 0 saturated heterocycles. The molecule has 0 spiro atoms. The van der Waals surface area contributed by atoms with Gasteiger partial charge in [-0.1, -0.05) is 11.6 Å². The molecule has 6 nitrogen and oxygen atoms in total. The van der Waals surface area contributed by atoms with E-state index in [0.29, 0.717) is 22.2 Å². The number of anilines is 2. The van der Waals surface area contributed by atoms with Gasteiger partial charge >= 0.3 is 0 Å². The molecule has 0 aliphatic rings. The van der Waals surface area contributed by atoms with E-state index in [1.165, 1.54) is 17.1 Å². The number of aromatic nitrogens is 3. The normalized spacial score (nSPS) is 10.2. The topological polar surface area (TPSA) is 85.8 Å². The van der Waals surface area contributed by atoms with Crippen molar-refractivity contribution in [3.63, 3.8) is 0 Å². The van der Waals surface area contributed by atoms with Crippen LogP contribution in [0.3, 0.4) is 0 Å². The summed E-state index contributed by atoms with van der Waals surface area (Å²) < 4.78 is 1.45. The lowest BCUT2D eigenvalue weighted by atomic mass is 10.1. The molecule has 17 heavy (non-hydrogen) atoms. The van der Waals surface area contributed by atoms with Crippen LogP contribution in [0, 0.1) is 0 Å². The number of hydrogen-bond donors (Lipinski definition) is 2. The van der Waals surface area contributed by atoms with Crippen molar-refractivity contribution in [2.24, 2.45) is 7.05 Å². The van der Waals surface area contributed by atoms with Gasteiger partial charge in [0.1, 0.15) is 6.33 Å². The third kappa shape index (κ3) is 2.36. The summed E-state index contributed by atoms with van der Waals surface area (Å²) in [5.41, 5.74) is 6.36. The first-order valence-electron chi connectivity index (χ1n) is 4.78. The maximum Gasteiger partial charge on any atom is 0.260 e. The first-order valence-corrected chi connectivity index (χ1v) is 5.16. The van der Waals surface area contributed by atoms with E-state index in [0.717, 1.165) is 0 Å². The monoisotopic (exact) mass is 251 g/mol. The number of nitrogens with two attached hydrogens (primary N) is 1. The summed E-state index contributed by atoms with van der Waals surface area (Å²) in [6.07, 6.45) is 1.35. The Morgan fingerprint density at radius 3 is 2.88 bits per heavy atom. The summed E-state index contributed by atoms with van der Waals surface area (Å²) in [5.74, 6) is -0.000355. The lowest BCUT2D eigenvalue weighted by Crippen LogP contribution is -2.16. The van der Waals surface area contributed by atoms with Crippen LogP contribution in [0.15, 0.2) is 24.5 Å². The fourth-order valence-electron chi connectivity index (χ4n) is 1.32. The van der Waals surface area contributed by atoms with Crippen LogP contribution in [0.2, 0.25) is 5.02 Å². The van der Waals surface area contributed by atoms with Gasteiger partial charge in [-0.05, 0) is 18.2 Å².